The van der Waals surface area contributed by atoms with Crippen molar-refractivity contribution >= 4 is 21.6 Å². The average Bonchev–Trinajstić information content (AvgIpc) is 2.41. The molecule has 0 saturated heterocycles. The van der Waals surface area contributed by atoms with Crippen LogP contribution in [0.15, 0.2) is 22.7 Å². The molecule has 0 aliphatic rings. The Hall–Kier alpha value is -0.580. The summed E-state index contributed by atoms with van der Waals surface area (Å²) >= 11 is 3.44. The summed E-state index contributed by atoms with van der Waals surface area (Å²) in [6.07, 6.45) is 2.32. The smallest absolute Gasteiger partial charge is 0.0589 e. The fourth-order valence-corrected chi connectivity index (χ4v) is 2.58. The standard InChI is InChI=1S/C15H25BrN2O/c1-4-13(5-2)18(8-9-19-3)11-12-6-7-14(16)15(17)10-12/h6-7,10,13H,4-5,8-9,11,17H2,1-3H3. The fraction of sp³-hybridized carbons (Fsp3) is 0.600. The molecule has 19 heavy (non-hydrogen) atoms. The minimum Gasteiger partial charge on any atom is -0.398 e. The first-order chi connectivity index (χ1) is 9.12. The Balaban J connectivity index is 2.77. The second-order valence-corrected chi connectivity index (χ2v) is 5.64. The molecule has 0 amide bonds. The van der Waals surface area contributed by atoms with E-state index in [0.29, 0.717) is 6.04 Å². The van der Waals surface area contributed by atoms with Crippen LogP contribution in [0.2, 0.25) is 0 Å². The summed E-state index contributed by atoms with van der Waals surface area (Å²) in [6.45, 7) is 7.13. The number of hydrogen-bond donors (Lipinski definition) is 1. The van der Waals surface area contributed by atoms with Crippen molar-refractivity contribution in [2.45, 2.75) is 39.3 Å². The minimum atomic E-state index is 0.597. The van der Waals surface area contributed by atoms with Gasteiger partial charge in [0.25, 0.3) is 0 Å². The normalized spacial score (nSPS) is 11.5. The van der Waals surface area contributed by atoms with Crippen LogP contribution in [0, 0.1) is 0 Å². The van der Waals surface area contributed by atoms with E-state index in [4.69, 9.17) is 10.5 Å². The van der Waals surface area contributed by atoms with Crippen LogP contribution in [0.3, 0.4) is 0 Å². The molecule has 0 fully saturated rings. The van der Waals surface area contributed by atoms with Crippen molar-refractivity contribution in [2.24, 2.45) is 0 Å². The van der Waals surface area contributed by atoms with Gasteiger partial charge in [-0.05, 0) is 46.5 Å². The summed E-state index contributed by atoms with van der Waals surface area (Å²) in [6, 6.07) is 6.79. The molecule has 0 bridgehead atoms. The molecule has 1 rings (SSSR count). The number of anilines is 1. The Morgan fingerprint density at radius 2 is 2.00 bits per heavy atom. The van der Waals surface area contributed by atoms with Gasteiger partial charge in [-0.2, -0.15) is 0 Å². The number of hydrogen-bond acceptors (Lipinski definition) is 3. The number of ether oxygens (including phenoxy) is 1. The molecular formula is C15H25BrN2O. The number of benzene rings is 1. The van der Waals surface area contributed by atoms with Gasteiger partial charge in [-0.15, -0.1) is 0 Å². The molecule has 0 atom stereocenters. The zero-order valence-electron chi connectivity index (χ0n) is 12.2. The third-order valence-electron chi connectivity index (χ3n) is 3.49. The van der Waals surface area contributed by atoms with Crippen LogP contribution < -0.4 is 5.73 Å². The lowest BCUT2D eigenvalue weighted by Gasteiger charge is -2.30. The summed E-state index contributed by atoms with van der Waals surface area (Å²) in [7, 11) is 1.75. The highest BCUT2D eigenvalue weighted by atomic mass is 79.9. The van der Waals surface area contributed by atoms with E-state index in [0.717, 1.165) is 42.7 Å². The van der Waals surface area contributed by atoms with E-state index in [2.05, 4.69) is 40.7 Å². The van der Waals surface area contributed by atoms with E-state index in [1.54, 1.807) is 7.11 Å². The zero-order valence-corrected chi connectivity index (χ0v) is 13.7. The average molecular weight is 329 g/mol. The summed E-state index contributed by atoms with van der Waals surface area (Å²) < 4.78 is 6.18. The van der Waals surface area contributed by atoms with Gasteiger partial charge in [0.15, 0.2) is 0 Å². The first-order valence-electron chi connectivity index (χ1n) is 6.89. The van der Waals surface area contributed by atoms with Gasteiger partial charge in [0.1, 0.15) is 0 Å². The number of nitrogens with two attached hydrogens (primary N) is 1. The van der Waals surface area contributed by atoms with Crippen LogP contribution in [0.4, 0.5) is 5.69 Å². The van der Waals surface area contributed by atoms with Gasteiger partial charge < -0.3 is 10.5 Å². The topological polar surface area (TPSA) is 38.5 Å². The molecule has 0 saturated carbocycles. The second-order valence-electron chi connectivity index (χ2n) is 4.79. The van der Waals surface area contributed by atoms with Crippen molar-refractivity contribution in [3.63, 3.8) is 0 Å². The second kappa shape index (κ2) is 8.56. The molecule has 4 heteroatoms. The maximum Gasteiger partial charge on any atom is 0.0589 e. The number of halogens is 1. The molecule has 3 nitrogen and oxygen atoms in total. The molecule has 108 valence electrons. The highest BCUT2D eigenvalue weighted by Gasteiger charge is 2.15. The Bertz CT molecular complexity index is 380. The summed E-state index contributed by atoms with van der Waals surface area (Å²) in [5.41, 5.74) is 8.00. The van der Waals surface area contributed by atoms with Gasteiger partial charge in [0.05, 0.1) is 6.61 Å². The molecule has 0 spiro atoms. The van der Waals surface area contributed by atoms with Gasteiger partial charge in [-0.1, -0.05) is 19.9 Å². The van der Waals surface area contributed by atoms with Crippen molar-refractivity contribution in [2.75, 3.05) is 26.0 Å². The molecule has 0 aliphatic heterocycles. The SMILES string of the molecule is CCC(CC)N(CCOC)Cc1ccc(Br)c(N)c1. The quantitative estimate of drug-likeness (QED) is 0.740. The van der Waals surface area contributed by atoms with Crippen LogP contribution in [-0.2, 0) is 11.3 Å². The fourth-order valence-electron chi connectivity index (χ4n) is 2.33. The number of rotatable bonds is 8. The summed E-state index contributed by atoms with van der Waals surface area (Å²) in [5.74, 6) is 0. The third kappa shape index (κ3) is 5.13. The highest BCUT2D eigenvalue weighted by molar-refractivity contribution is 9.10. The van der Waals surface area contributed by atoms with E-state index in [1.165, 1.54) is 5.56 Å². The van der Waals surface area contributed by atoms with E-state index >= 15 is 0 Å². The van der Waals surface area contributed by atoms with Crippen molar-refractivity contribution in [1.82, 2.24) is 4.90 Å². The van der Waals surface area contributed by atoms with E-state index in [1.807, 2.05) is 12.1 Å². The maximum atomic E-state index is 5.95. The van der Waals surface area contributed by atoms with Crippen LogP contribution in [-0.4, -0.2) is 31.2 Å². The van der Waals surface area contributed by atoms with Gasteiger partial charge in [0, 0.05) is 36.4 Å². The first-order valence-corrected chi connectivity index (χ1v) is 7.68. The van der Waals surface area contributed by atoms with Crippen molar-refractivity contribution in [1.29, 1.82) is 0 Å². The zero-order chi connectivity index (χ0) is 14.3. The molecule has 0 heterocycles. The molecule has 0 unspecified atom stereocenters. The maximum absolute atomic E-state index is 5.95. The van der Waals surface area contributed by atoms with Crippen LogP contribution in [0.25, 0.3) is 0 Å². The molecule has 0 radical (unpaired) electrons. The lowest BCUT2D eigenvalue weighted by Crippen LogP contribution is -2.36. The monoisotopic (exact) mass is 328 g/mol. The lowest BCUT2D eigenvalue weighted by molar-refractivity contribution is 0.110. The first kappa shape index (κ1) is 16.5. The minimum absolute atomic E-state index is 0.597. The lowest BCUT2D eigenvalue weighted by atomic mass is 10.1. The van der Waals surface area contributed by atoms with E-state index in [-0.39, 0.29) is 0 Å². The largest absolute Gasteiger partial charge is 0.398 e. The van der Waals surface area contributed by atoms with Gasteiger partial charge in [0.2, 0.25) is 0 Å². The van der Waals surface area contributed by atoms with Crippen molar-refractivity contribution in [3.8, 4) is 0 Å². The highest BCUT2D eigenvalue weighted by Crippen LogP contribution is 2.22. The number of methoxy groups -OCH3 is 1. The van der Waals surface area contributed by atoms with Gasteiger partial charge in [-0.25, -0.2) is 0 Å². The van der Waals surface area contributed by atoms with Gasteiger partial charge in [-0.3, -0.25) is 4.90 Å². The predicted octanol–water partition coefficient (Wildman–Crippen LogP) is 3.67. The van der Waals surface area contributed by atoms with E-state index < -0.39 is 0 Å². The predicted molar refractivity (Wildman–Crippen MR) is 85.2 cm³/mol. The summed E-state index contributed by atoms with van der Waals surface area (Å²) in [4.78, 5) is 2.48. The Kier molecular flexibility index (Phi) is 7.42. The molecule has 1 aromatic rings. The van der Waals surface area contributed by atoms with E-state index in [9.17, 15) is 0 Å². The number of nitrogens with zero attached hydrogens (tertiary/aromatic N) is 1. The molecule has 0 aliphatic carbocycles. The molecule has 0 aromatic heterocycles. The van der Waals surface area contributed by atoms with Crippen molar-refractivity contribution < 1.29 is 4.74 Å². The van der Waals surface area contributed by atoms with Crippen LogP contribution in [0.1, 0.15) is 32.3 Å². The number of nitrogen functional groups attached to an aromatic ring is 1. The Labute approximate surface area is 125 Å². The van der Waals surface area contributed by atoms with Crippen LogP contribution >= 0.6 is 15.9 Å². The van der Waals surface area contributed by atoms with Crippen LogP contribution in [0.5, 0.6) is 0 Å². The van der Waals surface area contributed by atoms with Gasteiger partial charge >= 0.3 is 0 Å². The summed E-state index contributed by atoms with van der Waals surface area (Å²) in [5, 5.41) is 0. The van der Waals surface area contributed by atoms with Crippen molar-refractivity contribution in [3.05, 3.63) is 28.2 Å². The Morgan fingerprint density at radius 3 is 2.53 bits per heavy atom. The molecular weight excluding hydrogens is 304 g/mol. The Morgan fingerprint density at radius 1 is 1.32 bits per heavy atom. The third-order valence-corrected chi connectivity index (χ3v) is 4.21. The molecule has 2 N–H and O–H groups in total. The molecule has 1 aromatic carbocycles.